The first-order valence-electron chi connectivity index (χ1n) is 6.27. The summed E-state index contributed by atoms with van der Waals surface area (Å²) in [5.74, 6) is 0. The molecule has 0 spiro atoms. The van der Waals surface area contributed by atoms with Gasteiger partial charge in [0.2, 0.25) is 0 Å². The van der Waals surface area contributed by atoms with Crippen LogP contribution in [0.1, 0.15) is 19.1 Å². The number of nitrogens with one attached hydrogen (secondary N) is 1. The van der Waals surface area contributed by atoms with Crippen molar-refractivity contribution in [2.24, 2.45) is 0 Å². The summed E-state index contributed by atoms with van der Waals surface area (Å²) < 4.78 is 36.5. The van der Waals surface area contributed by atoms with Crippen LogP contribution in [0.4, 0.5) is 0 Å². The van der Waals surface area contributed by atoms with Gasteiger partial charge in [-0.15, -0.1) is 0 Å². The minimum atomic E-state index is -5.18. The molecule has 1 aromatic heterocycles. The number of aromatic nitrogens is 2. The lowest BCUT2D eigenvalue weighted by Crippen LogP contribution is -2.31. The molecule has 1 unspecified atom stereocenters. The Morgan fingerprint density at radius 2 is 2.00 bits per heavy atom. The molecule has 1 aliphatic heterocycles. The van der Waals surface area contributed by atoms with E-state index in [0.29, 0.717) is 12.8 Å². The third-order valence-corrected chi connectivity index (χ3v) is 5.03. The van der Waals surface area contributed by atoms with Crippen LogP contribution in [-0.2, 0) is 22.7 Å². The number of rotatable bonds is 6. The summed E-state index contributed by atoms with van der Waals surface area (Å²) in [5, 5.41) is 0. The second-order valence-corrected chi connectivity index (χ2v) is 7.47. The van der Waals surface area contributed by atoms with Gasteiger partial charge in [0.15, 0.2) is 0 Å². The number of phosphoric acid groups is 2. The van der Waals surface area contributed by atoms with Crippen LogP contribution in [0.25, 0.3) is 0 Å². The summed E-state index contributed by atoms with van der Waals surface area (Å²) in [5.41, 5.74) is -1.22. The molecule has 0 saturated carbocycles. The summed E-state index contributed by atoms with van der Waals surface area (Å²) in [6.07, 6.45) is 0.581. The van der Waals surface area contributed by atoms with E-state index in [9.17, 15) is 18.7 Å². The summed E-state index contributed by atoms with van der Waals surface area (Å²) >= 11 is 0. The van der Waals surface area contributed by atoms with Gasteiger partial charge in [0, 0.05) is 12.3 Å². The van der Waals surface area contributed by atoms with Crippen molar-refractivity contribution in [3.8, 4) is 0 Å². The summed E-state index contributed by atoms with van der Waals surface area (Å²) in [6.45, 7) is -0.470. The number of hydrogen-bond donors (Lipinski definition) is 4. The average molecular weight is 372 g/mol. The summed E-state index contributed by atoms with van der Waals surface area (Å²) in [4.78, 5) is 50.7. The topological polar surface area (TPSA) is 177 Å². The smallest absolute Gasteiger partial charge is 0.352 e. The van der Waals surface area contributed by atoms with Crippen molar-refractivity contribution in [2.75, 3.05) is 6.61 Å². The number of nitrogens with zero attached hydrogens (tertiary/aromatic N) is 1. The summed E-state index contributed by atoms with van der Waals surface area (Å²) in [7, 11) is -10.1. The van der Waals surface area contributed by atoms with Gasteiger partial charge in [-0.3, -0.25) is 18.9 Å². The Morgan fingerprint density at radius 1 is 1.30 bits per heavy atom. The lowest BCUT2D eigenvalue weighted by Gasteiger charge is -2.17. The minimum absolute atomic E-state index is 0.353. The molecule has 1 aromatic rings. The third kappa shape index (κ3) is 5.48. The van der Waals surface area contributed by atoms with Gasteiger partial charge in [-0.25, -0.2) is 13.9 Å². The number of phosphoric ester groups is 1. The molecule has 2 rings (SSSR count). The highest BCUT2D eigenvalue weighted by molar-refractivity contribution is 7.60. The Hall–Kier alpha value is -1.10. The molecule has 0 bridgehead atoms. The highest BCUT2D eigenvalue weighted by Gasteiger charge is 2.35. The lowest BCUT2D eigenvalue weighted by atomic mass is 10.2. The van der Waals surface area contributed by atoms with Crippen molar-refractivity contribution in [1.82, 2.24) is 9.55 Å². The molecule has 1 saturated heterocycles. The second-order valence-electron chi connectivity index (χ2n) is 4.64. The molecule has 12 nitrogen and oxygen atoms in total. The Bertz CT molecular complexity index is 766. The largest absolute Gasteiger partial charge is 0.481 e. The number of H-pyrrole nitrogens is 1. The lowest BCUT2D eigenvalue weighted by molar-refractivity contribution is -0.0243. The molecule has 2 heterocycles. The monoisotopic (exact) mass is 372 g/mol. The van der Waals surface area contributed by atoms with E-state index in [1.54, 1.807) is 0 Å². The van der Waals surface area contributed by atoms with Crippen LogP contribution < -0.4 is 11.2 Å². The normalized spacial score (nSPS) is 24.5. The Balaban J connectivity index is 1.93. The van der Waals surface area contributed by atoms with Crippen LogP contribution in [0, 0.1) is 0 Å². The van der Waals surface area contributed by atoms with Crippen molar-refractivity contribution in [3.05, 3.63) is 33.1 Å². The van der Waals surface area contributed by atoms with Crippen molar-refractivity contribution >= 4 is 15.6 Å². The zero-order chi connectivity index (χ0) is 17.3. The number of ether oxygens (including phenoxy) is 1. The molecule has 3 atom stereocenters. The van der Waals surface area contributed by atoms with Gasteiger partial charge in [0.1, 0.15) is 6.23 Å². The van der Waals surface area contributed by atoms with Crippen LogP contribution >= 0.6 is 15.6 Å². The molecule has 1 aliphatic rings. The van der Waals surface area contributed by atoms with Crippen LogP contribution in [0.15, 0.2) is 21.9 Å². The molecule has 23 heavy (non-hydrogen) atoms. The van der Waals surface area contributed by atoms with Crippen LogP contribution in [-0.4, -0.2) is 36.9 Å². The molecule has 14 heteroatoms. The van der Waals surface area contributed by atoms with E-state index < -0.39 is 45.8 Å². The SMILES string of the molecule is O=c1ccn([C@H]2CC[C@@H](COP(=O)(O)OP(=O)(O)O)O2)c(=O)[nH]1. The Morgan fingerprint density at radius 3 is 2.61 bits per heavy atom. The molecule has 0 amide bonds. The zero-order valence-electron chi connectivity index (χ0n) is 11.5. The van der Waals surface area contributed by atoms with E-state index >= 15 is 0 Å². The van der Waals surface area contributed by atoms with Gasteiger partial charge in [-0.1, -0.05) is 0 Å². The maximum absolute atomic E-state index is 11.6. The van der Waals surface area contributed by atoms with Gasteiger partial charge in [-0.05, 0) is 12.8 Å². The van der Waals surface area contributed by atoms with Crippen LogP contribution in [0.2, 0.25) is 0 Å². The number of aromatic amines is 1. The molecule has 1 fully saturated rings. The molecular weight excluding hydrogens is 358 g/mol. The standard InChI is InChI=1S/C9H14N2O10P2/c12-7-3-4-11(9(13)10-7)8-2-1-6(20-8)5-19-23(17,18)21-22(14,15)16/h3-4,6,8H,1-2,5H2,(H,17,18)(H,10,12,13)(H2,14,15,16)/t6-,8+/m0/s1. The van der Waals surface area contributed by atoms with Crippen molar-refractivity contribution in [1.29, 1.82) is 0 Å². The van der Waals surface area contributed by atoms with E-state index in [1.807, 2.05) is 0 Å². The van der Waals surface area contributed by atoms with E-state index in [2.05, 4.69) is 13.8 Å². The highest BCUT2D eigenvalue weighted by atomic mass is 31.3. The van der Waals surface area contributed by atoms with Gasteiger partial charge >= 0.3 is 21.3 Å². The van der Waals surface area contributed by atoms with Crippen molar-refractivity contribution < 1.29 is 37.4 Å². The van der Waals surface area contributed by atoms with Crippen molar-refractivity contribution in [3.63, 3.8) is 0 Å². The van der Waals surface area contributed by atoms with Crippen LogP contribution in [0.5, 0.6) is 0 Å². The van der Waals surface area contributed by atoms with Gasteiger partial charge in [0.25, 0.3) is 5.56 Å². The molecule has 0 radical (unpaired) electrons. The predicted octanol–water partition coefficient (Wildman–Crippen LogP) is -0.560. The maximum atomic E-state index is 11.6. The van der Waals surface area contributed by atoms with Crippen LogP contribution in [0.3, 0.4) is 0 Å². The molecule has 4 N–H and O–H groups in total. The first-order chi connectivity index (χ1) is 10.6. The van der Waals surface area contributed by atoms with Crippen molar-refractivity contribution in [2.45, 2.75) is 25.2 Å². The molecule has 0 aromatic carbocycles. The highest BCUT2D eigenvalue weighted by Crippen LogP contribution is 2.57. The van der Waals surface area contributed by atoms with E-state index in [0.717, 1.165) is 10.6 Å². The van der Waals surface area contributed by atoms with E-state index in [4.69, 9.17) is 19.4 Å². The third-order valence-electron chi connectivity index (χ3n) is 2.88. The fourth-order valence-electron chi connectivity index (χ4n) is 2.00. The Kier molecular flexibility index (Phi) is 5.39. The van der Waals surface area contributed by atoms with E-state index in [-0.39, 0.29) is 0 Å². The average Bonchev–Trinajstić information content (AvgIpc) is 2.82. The molecular formula is C9H14N2O10P2. The second kappa shape index (κ2) is 6.80. The minimum Gasteiger partial charge on any atom is -0.352 e. The first kappa shape index (κ1) is 18.2. The maximum Gasteiger partial charge on any atom is 0.481 e. The quantitative estimate of drug-likeness (QED) is 0.473. The fraction of sp³-hybridized carbons (Fsp3) is 0.556. The van der Waals surface area contributed by atoms with Gasteiger partial charge < -0.3 is 19.4 Å². The fourth-order valence-corrected chi connectivity index (χ4v) is 3.62. The summed E-state index contributed by atoms with van der Waals surface area (Å²) in [6, 6.07) is 1.14. The molecule has 0 aliphatic carbocycles. The van der Waals surface area contributed by atoms with E-state index in [1.165, 1.54) is 6.20 Å². The predicted molar refractivity (Wildman–Crippen MR) is 73.4 cm³/mol. The first-order valence-corrected chi connectivity index (χ1v) is 9.29. The van der Waals surface area contributed by atoms with Gasteiger partial charge in [0.05, 0.1) is 12.7 Å². The number of hydrogen-bond acceptors (Lipinski definition) is 7. The Labute approximate surface area is 128 Å². The molecule has 130 valence electrons. The zero-order valence-corrected chi connectivity index (χ0v) is 13.3. The van der Waals surface area contributed by atoms with Gasteiger partial charge in [-0.2, -0.15) is 4.31 Å².